The minimum atomic E-state index is -0.375. The number of fused-ring (bicyclic) bond motifs is 1. The minimum absolute atomic E-state index is 0.204. The van der Waals surface area contributed by atoms with E-state index in [4.69, 9.17) is 21.3 Å². The Labute approximate surface area is 244 Å². The van der Waals surface area contributed by atoms with Gasteiger partial charge in [-0.3, -0.25) is 4.79 Å². The number of hydrogen-bond acceptors (Lipinski definition) is 4. The molecule has 0 spiro atoms. The van der Waals surface area contributed by atoms with Gasteiger partial charge in [0.1, 0.15) is 18.2 Å². The molecule has 0 saturated carbocycles. The van der Waals surface area contributed by atoms with E-state index in [9.17, 15) is 4.79 Å². The van der Waals surface area contributed by atoms with Gasteiger partial charge in [0.15, 0.2) is 0 Å². The molecular formula is C26H21BrClI2N3O2. The Bertz CT molecular complexity index is 1470. The van der Waals surface area contributed by atoms with Gasteiger partial charge in [0, 0.05) is 14.9 Å². The Hall–Kier alpha value is -1.50. The van der Waals surface area contributed by atoms with Crippen LogP contribution in [0.2, 0.25) is 5.02 Å². The Morgan fingerprint density at radius 3 is 2.37 bits per heavy atom. The Balaban J connectivity index is 1.68. The van der Waals surface area contributed by atoms with Crippen LogP contribution in [0.3, 0.4) is 0 Å². The zero-order valence-electron chi connectivity index (χ0n) is 19.2. The summed E-state index contributed by atoms with van der Waals surface area (Å²) in [5.41, 5.74) is 1.97. The van der Waals surface area contributed by atoms with Crippen LogP contribution in [0, 0.1) is 7.14 Å². The van der Waals surface area contributed by atoms with Gasteiger partial charge in [0.25, 0.3) is 5.56 Å². The van der Waals surface area contributed by atoms with Gasteiger partial charge in [-0.05, 0) is 98.8 Å². The third-order valence-electron chi connectivity index (χ3n) is 5.12. The first kappa shape index (κ1) is 26.6. The summed E-state index contributed by atoms with van der Waals surface area (Å²) in [5, 5.41) is 5.79. The quantitative estimate of drug-likeness (QED) is 0.154. The SMILES string of the molecule is CC(C)(C)c1nc2ccc(Br)cc2c(=O)n1N=Cc1cc(I)c(OCc2ccc(Cl)cc2)c(I)c1. The van der Waals surface area contributed by atoms with Crippen LogP contribution in [-0.2, 0) is 12.0 Å². The standard InChI is InChI=1S/C26H21BrClI2N3O2/c1-26(2,3)25-32-22-9-6-17(27)12-19(22)24(34)33(25)31-13-16-10-20(29)23(21(30)11-16)35-14-15-4-7-18(28)8-5-15/h4-13H,14H2,1-3H3. The van der Waals surface area contributed by atoms with E-state index < -0.39 is 0 Å². The fraction of sp³-hybridized carbons (Fsp3) is 0.192. The second kappa shape index (κ2) is 10.9. The van der Waals surface area contributed by atoms with E-state index in [1.54, 1.807) is 12.3 Å². The van der Waals surface area contributed by atoms with Crippen molar-refractivity contribution in [3.05, 3.63) is 98.5 Å². The third kappa shape index (κ3) is 6.26. The Kier molecular flexibility index (Phi) is 8.24. The molecule has 0 aliphatic rings. The van der Waals surface area contributed by atoms with Gasteiger partial charge < -0.3 is 4.74 Å². The summed E-state index contributed by atoms with van der Waals surface area (Å²) in [6.07, 6.45) is 1.69. The molecule has 9 heteroatoms. The maximum absolute atomic E-state index is 13.4. The maximum atomic E-state index is 13.4. The molecule has 0 radical (unpaired) electrons. The van der Waals surface area contributed by atoms with E-state index in [0.29, 0.717) is 28.4 Å². The minimum Gasteiger partial charge on any atom is -0.487 e. The normalized spacial score (nSPS) is 12.0. The molecule has 0 unspecified atom stereocenters. The van der Waals surface area contributed by atoms with E-state index in [2.05, 4.69) is 66.2 Å². The molecule has 1 aromatic heterocycles. The summed E-state index contributed by atoms with van der Waals surface area (Å²) in [4.78, 5) is 18.1. The van der Waals surface area contributed by atoms with Crippen molar-refractivity contribution in [2.45, 2.75) is 32.8 Å². The van der Waals surface area contributed by atoms with Gasteiger partial charge in [0.2, 0.25) is 0 Å². The summed E-state index contributed by atoms with van der Waals surface area (Å²) in [6, 6.07) is 17.1. The van der Waals surface area contributed by atoms with Crippen LogP contribution in [0.4, 0.5) is 0 Å². The average Bonchev–Trinajstić information content (AvgIpc) is 2.78. The highest BCUT2D eigenvalue weighted by molar-refractivity contribution is 14.1. The van der Waals surface area contributed by atoms with Crippen molar-refractivity contribution >= 4 is 89.8 Å². The molecule has 3 aromatic carbocycles. The van der Waals surface area contributed by atoms with Gasteiger partial charge in [-0.2, -0.15) is 9.78 Å². The number of aromatic nitrogens is 2. The summed E-state index contributed by atoms with van der Waals surface area (Å²) in [7, 11) is 0. The summed E-state index contributed by atoms with van der Waals surface area (Å²) >= 11 is 13.9. The van der Waals surface area contributed by atoms with Gasteiger partial charge in [-0.1, -0.05) is 60.4 Å². The van der Waals surface area contributed by atoms with Crippen molar-refractivity contribution in [3.63, 3.8) is 0 Å². The largest absolute Gasteiger partial charge is 0.487 e. The molecule has 0 amide bonds. The molecule has 5 nitrogen and oxygen atoms in total. The maximum Gasteiger partial charge on any atom is 0.282 e. The van der Waals surface area contributed by atoms with Crippen molar-refractivity contribution < 1.29 is 4.74 Å². The van der Waals surface area contributed by atoms with E-state index in [0.717, 1.165) is 28.5 Å². The highest BCUT2D eigenvalue weighted by Crippen LogP contribution is 2.30. The van der Waals surface area contributed by atoms with Crippen LogP contribution in [0.1, 0.15) is 37.7 Å². The van der Waals surface area contributed by atoms with Crippen molar-refractivity contribution in [2.24, 2.45) is 5.10 Å². The van der Waals surface area contributed by atoms with Gasteiger partial charge in [-0.15, -0.1) is 0 Å². The van der Waals surface area contributed by atoms with Crippen molar-refractivity contribution in [3.8, 4) is 5.75 Å². The topological polar surface area (TPSA) is 56.5 Å². The number of rotatable bonds is 5. The first-order valence-corrected chi connectivity index (χ1v) is 14.0. The van der Waals surface area contributed by atoms with Crippen LogP contribution in [0.5, 0.6) is 5.75 Å². The Morgan fingerprint density at radius 2 is 1.74 bits per heavy atom. The summed E-state index contributed by atoms with van der Waals surface area (Å²) in [6.45, 7) is 6.50. The molecule has 0 bridgehead atoms. The molecule has 4 rings (SSSR count). The average molecular weight is 777 g/mol. The zero-order chi connectivity index (χ0) is 25.3. The molecule has 0 aliphatic heterocycles. The molecule has 180 valence electrons. The smallest absolute Gasteiger partial charge is 0.282 e. The highest BCUT2D eigenvalue weighted by atomic mass is 127. The fourth-order valence-electron chi connectivity index (χ4n) is 3.39. The van der Waals surface area contributed by atoms with Gasteiger partial charge >= 0.3 is 0 Å². The molecule has 0 saturated heterocycles. The molecular weight excluding hydrogens is 755 g/mol. The molecule has 1 heterocycles. The molecule has 0 aliphatic carbocycles. The monoisotopic (exact) mass is 775 g/mol. The van der Waals surface area contributed by atoms with Crippen molar-refractivity contribution in [1.29, 1.82) is 0 Å². The molecule has 0 atom stereocenters. The summed E-state index contributed by atoms with van der Waals surface area (Å²) in [5.74, 6) is 1.41. The van der Waals surface area contributed by atoms with Crippen molar-refractivity contribution in [1.82, 2.24) is 9.66 Å². The van der Waals surface area contributed by atoms with E-state index in [1.807, 2.05) is 69.3 Å². The lowest BCUT2D eigenvalue weighted by molar-refractivity contribution is 0.302. The van der Waals surface area contributed by atoms with Gasteiger partial charge in [-0.25, -0.2) is 4.98 Å². The highest BCUT2D eigenvalue weighted by Gasteiger charge is 2.23. The first-order valence-electron chi connectivity index (χ1n) is 10.7. The second-order valence-electron chi connectivity index (χ2n) is 8.94. The predicted octanol–water partition coefficient (Wildman–Crippen LogP) is 7.78. The van der Waals surface area contributed by atoms with Gasteiger partial charge in [0.05, 0.1) is 24.3 Å². The summed E-state index contributed by atoms with van der Waals surface area (Å²) < 4.78 is 10.2. The first-order chi connectivity index (χ1) is 16.5. The van der Waals surface area contributed by atoms with E-state index in [-0.39, 0.29) is 11.0 Å². The number of nitrogens with zero attached hydrogens (tertiary/aromatic N) is 3. The number of halogens is 4. The Morgan fingerprint density at radius 1 is 1.09 bits per heavy atom. The van der Waals surface area contributed by atoms with Crippen LogP contribution in [0.15, 0.2) is 69.0 Å². The lowest BCUT2D eigenvalue weighted by atomic mass is 9.95. The second-order valence-corrected chi connectivity index (χ2v) is 12.6. The van der Waals surface area contributed by atoms with E-state index in [1.165, 1.54) is 4.68 Å². The van der Waals surface area contributed by atoms with Crippen LogP contribution in [-0.4, -0.2) is 15.9 Å². The number of ether oxygens (including phenoxy) is 1. The fourth-order valence-corrected chi connectivity index (χ4v) is 6.01. The third-order valence-corrected chi connectivity index (χ3v) is 7.47. The van der Waals surface area contributed by atoms with Crippen LogP contribution < -0.4 is 10.3 Å². The molecule has 0 N–H and O–H groups in total. The lowest BCUT2D eigenvalue weighted by Crippen LogP contribution is -2.29. The number of hydrogen-bond donors (Lipinski definition) is 0. The zero-order valence-corrected chi connectivity index (χ0v) is 25.8. The number of benzene rings is 3. The molecule has 0 fully saturated rings. The van der Waals surface area contributed by atoms with Crippen LogP contribution in [0.25, 0.3) is 10.9 Å². The molecule has 4 aromatic rings. The lowest BCUT2D eigenvalue weighted by Gasteiger charge is -2.21. The predicted molar refractivity (Wildman–Crippen MR) is 163 cm³/mol. The van der Waals surface area contributed by atoms with E-state index >= 15 is 0 Å². The van der Waals surface area contributed by atoms with Crippen LogP contribution >= 0.6 is 72.7 Å². The van der Waals surface area contributed by atoms with Crippen molar-refractivity contribution in [2.75, 3.05) is 0 Å². The molecule has 35 heavy (non-hydrogen) atoms.